The predicted octanol–water partition coefficient (Wildman–Crippen LogP) is 1.95. The first-order valence-electron chi connectivity index (χ1n) is 5.35. The Morgan fingerprint density at radius 2 is 2.19 bits per heavy atom. The number of nitrogens with zero attached hydrogens (tertiary/aromatic N) is 1. The summed E-state index contributed by atoms with van der Waals surface area (Å²) in [6, 6.07) is 9.37. The van der Waals surface area contributed by atoms with Gasteiger partial charge in [-0.05, 0) is 6.42 Å². The highest BCUT2D eigenvalue weighted by Gasteiger charge is 2.09. The smallest absolute Gasteiger partial charge is 0.173 e. The van der Waals surface area contributed by atoms with Gasteiger partial charge < -0.3 is 5.32 Å². The lowest BCUT2D eigenvalue weighted by Gasteiger charge is -2.13. The Hall–Kier alpha value is -1.29. The SMILES string of the molecule is O=C(CSC1=NCCCN1)c1ccccc1. The maximum Gasteiger partial charge on any atom is 0.173 e. The molecule has 0 aliphatic carbocycles. The van der Waals surface area contributed by atoms with E-state index < -0.39 is 0 Å². The molecule has 1 aromatic rings. The maximum atomic E-state index is 11.8. The summed E-state index contributed by atoms with van der Waals surface area (Å²) in [5.41, 5.74) is 0.770. The number of nitrogens with one attached hydrogen (secondary N) is 1. The van der Waals surface area contributed by atoms with Gasteiger partial charge in [0.25, 0.3) is 0 Å². The van der Waals surface area contributed by atoms with Crippen LogP contribution in [0.25, 0.3) is 0 Å². The van der Waals surface area contributed by atoms with Crippen molar-refractivity contribution in [2.45, 2.75) is 6.42 Å². The number of hydrogen-bond donors (Lipinski definition) is 1. The van der Waals surface area contributed by atoms with Gasteiger partial charge in [0.05, 0.1) is 5.75 Å². The molecule has 4 heteroatoms. The molecule has 0 spiro atoms. The Labute approximate surface area is 99.3 Å². The molecule has 0 bridgehead atoms. The molecule has 0 aromatic heterocycles. The zero-order valence-electron chi connectivity index (χ0n) is 8.98. The maximum absolute atomic E-state index is 11.8. The minimum atomic E-state index is 0.153. The fourth-order valence-electron chi connectivity index (χ4n) is 1.45. The number of hydrogen-bond acceptors (Lipinski definition) is 4. The van der Waals surface area contributed by atoms with Gasteiger partial charge in [-0.25, -0.2) is 0 Å². The quantitative estimate of drug-likeness (QED) is 0.813. The van der Waals surface area contributed by atoms with E-state index in [2.05, 4.69) is 10.3 Å². The number of ketones is 1. The van der Waals surface area contributed by atoms with E-state index >= 15 is 0 Å². The summed E-state index contributed by atoms with van der Waals surface area (Å²) in [4.78, 5) is 16.1. The normalized spacial score (nSPS) is 15.1. The molecule has 0 unspecified atom stereocenters. The summed E-state index contributed by atoms with van der Waals surface area (Å²) in [6.07, 6.45) is 1.08. The first kappa shape index (κ1) is 11.2. The molecule has 1 N–H and O–H groups in total. The van der Waals surface area contributed by atoms with Crippen molar-refractivity contribution >= 4 is 22.7 Å². The van der Waals surface area contributed by atoms with Crippen molar-refractivity contribution in [1.29, 1.82) is 0 Å². The lowest BCUT2D eigenvalue weighted by atomic mass is 10.2. The van der Waals surface area contributed by atoms with E-state index in [0.717, 1.165) is 30.2 Å². The molecule has 0 radical (unpaired) electrons. The average Bonchev–Trinajstić information content (AvgIpc) is 2.38. The standard InChI is InChI=1S/C12H14N2OS/c15-11(10-5-2-1-3-6-10)9-16-12-13-7-4-8-14-12/h1-3,5-6H,4,7-9H2,(H,13,14). The van der Waals surface area contributed by atoms with Crippen LogP contribution < -0.4 is 5.32 Å². The third-order valence-corrected chi connectivity index (χ3v) is 3.26. The lowest BCUT2D eigenvalue weighted by molar-refractivity contribution is 0.102. The summed E-state index contributed by atoms with van der Waals surface area (Å²) in [6.45, 7) is 1.83. The van der Waals surface area contributed by atoms with E-state index in [1.807, 2.05) is 30.3 Å². The fourth-order valence-corrected chi connectivity index (χ4v) is 2.27. The zero-order valence-corrected chi connectivity index (χ0v) is 9.80. The molecule has 0 fully saturated rings. The number of benzene rings is 1. The zero-order chi connectivity index (χ0) is 11.2. The monoisotopic (exact) mass is 234 g/mol. The molecule has 16 heavy (non-hydrogen) atoms. The van der Waals surface area contributed by atoms with Gasteiger partial charge in [0.1, 0.15) is 0 Å². The molecule has 2 rings (SSSR count). The summed E-state index contributed by atoms with van der Waals surface area (Å²) in [7, 11) is 0. The molecule has 1 aliphatic heterocycles. The van der Waals surface area contributed by atoms with Crippen molar-refractivity contribution in [2.75, 3.05) is 18.8 Å². The first-order chi connectivity index (χ1) is 7.86. The van der Waals surface area contributed by atoms with Crippen molar-refractivity contribution in [1.82, 2.24) is 5.32 Å². The Morgan fingerprint density at radius 3 is 2.88 bits per heavy atom. The summed E-state index contributed by atoms with van der Waals surface area (Å²) < 4.78 is 0. The minimum absolute atomic E-state index is 0.153. The molecular formula is C12H14N2OS. The van der Waals surface area contributed by atoms with Crippen LogP contribution in [0.5, 0.6) is 0 Å². The second-order valence-electron chi connectivity index (χ2n) is 3.55. The third kappa shape index (κ3) is 3.10. The van der Waals surface area contributed by atoms with Crippen LogP contribution in [0.15, 0.2) is 35.3 Å². The van der Waals surface area contributed by atoms with Gasteiger partial charge in [0.2, 0.25) is 0 Å². The number of carbonyl (C=O) groups excluding carboxylic acids is 1. The number of Topliss-reactive ketones (excluding diaryl/α,β-unsaturated/α-hetero) is 1. The molecular weight excluding hydrogens is 220 g/mol. The molecule has 3 nitrogen and oxygen atoms in total. The summed E-state index contributed by atoms with van der Waals surface area (Å²) in [5, 5.41) is 4.09. The van der Waals surface area contributed by atoms with Crippen molar-refractivity contribution < 1.29 is 4.79 Å². The number of carbonyl (C=O) groups is 1. The first-order valence-corrected chi connectivity index (χ1v) is 6.34. The number of thioether (sulfide) groups is 1. The van der Waals surface area contributed by atoms with E-state index in [0.29, 0.717) is 5.75 Å². The number of amidine groups is 1. The molecule has 84 valence electrons. The van der Waals surface area contributed by atoms with Crippen molar-refractivity contribution in [3.05, 3.63) is 35.9 Å². The fraction of sp³-hybridized carbons (Fsp3) is 0.333. The van der Waals surface area contributed by atoms with E-state index in [1.54, 1.807) is 0 Å². The molecule has 0 saturated carbocycles. The average molecular weight is 234 g/mol. The van der Waals surface area contributed by atoms with E-state index in [1.165, 1.54) is 11.8 Å². The summed E-state index contributed by atoms with van der Waals surface area (Å²) >= 11 is 1.49. The van der Waals surface area contributed by atoms with Gasteiger partial charge in [-0.3, -0.25) is 9.79 Å². The Kier molecular flexibility index (Phi) is 3.99. The largest absolute Gasteiger partial charge is 0.365 e. The molecule has 1 aromatic carbocycles. The Bertz CT molecular complexity index is 389. The molecule has 0 saturated heterocycles. The van der Waals surface area contributed by atoms with E-state index in [9.17, 15) is 4.79 Å². The van der Waals surface area contributed by atoms with Crippen LogP contribution in [0.3, 0.4) is 0 Å². The molecule has 0 atom stereocenters. The van der Waals surface area contributed by atoms with Crippen LogP contribution in [0.4, 0.5) is 0 Å². The minimum Gasteiger partial charge on any atom is -0.365 e. The van der Waals surface area contributed by atoms with Crippen LogP contribution in [0.2, 0.25) is 0 Å². The van der Waals surface area contributed by atoms with E-state index in [4.69, 9.17) is 0 Å². The van der Waals surface area contributed by atoms with E-state index in [-0.39, 0.29) is 5.78 Å². The number of aliphatic imine (C=N–C) groups is 1. The highest BCUT2D eigenvalue weighted by Crippen LogP contribution is 2.09. The van der Waals surface area contributed by atoms with Gasteiger partial charge in [-0.2, -0.15) is 0 Å². The second-order valence-corrected chi connectivity index (χ2v) is 4.51. The Morgan fingerprint density at radius 1 is 1.38 bits per heavy atom. The summed E-state index contributed by atoms with van der Waals surface area (Å²) in [5.74, 6) is 0.608. The van der Waals surface area contributed by atoms with Gasteiger partial charge in [-0.1, -0.05) is 42.1 Å². The molecule has 0 amide bonds. The van der Waals surface area contributed by atoms with Gasteiger partial charge in [0, 0.05) is 18.7 Å². The third-order valence-electron chi connectivity index (χ3n) is 2.30. The van der Waals surface area contributed by atoms with Gasteiger partial charge >= 0.3 is 0 Å². The number of rotatable bonds is 3. The highest BCUT2D eigenvalue weighted by atomic mass is 32.2. The van der Waals surface area contributed by atoms with Crippen LogP contribution in [0.1, 0.15) is 16.8 Å². The molecule has 1 heterocycles. The predicted molar refractivity (Wildman–Crippen MR) is 68.2 cm³/mol. The Balaban J connectivity index is 1.86. The van der Waals surface area contributed by atoms with Crippen molar-refractivity contribution in [3.63, 3.8) is 0 Å². The van der Waals surface area contributed by atoms with Crippen LogP contribution in [0, 0.1) is 0 Å². The van der Waals surface area contributed by atoms with Gasteiger partial charge in [-0.15, -0.1) is 0 Å². The topological polar surface area (TPSA) is 41.5 Å². The second kappa shape index (κ2) is 5.70. The van der Waals surface area contributed by atoms with Crippen LogP contribution >= 0.6 is 11.8 Å². The lowest BCUT2D eigenvalue weighted by Crippen LogP contribution is -2.27. The highest BCUT2D eigenvalue weighted by molar-refractivity contribution is 8.14. The van der Waals surface area contributed by atoms with Crippen molar-refractivity contribution in [2.24, 2.45) is 4.99 Å². The van der Waals surface area contributed by atoms with Crippen LogP contribution in [-0.2, 0) is 0 Å². The van der Waals surface area contributed by atoms with Crippen molar-refractivity contribution in [3.8, 4) is 0 Å². The van der Waals surface area contributed by atoms with Crippen LogP contribution in [-0.4, -0.2) is 29.8 Å². The molecule has 1 aliphatic rings. The van der Waals surface area contributed by atoms with Gasteiger partial charge in [0.15, 0.2) is 11.0 Å².